The molecule has 1 aromatic carbocycles. The predicted molar refractivity (Wildman–Crippen MR) is 97.6 cm³/mol. The fourth-order valence-electron chi connectivity index (χ4n) is 3.20. The normalized spacial score (nSPS) is 19.7. The van der Waals surface area contributed by atoms with Crippen molar-refractivity contribution >= 4 is 9.84 Å². The molecule has 0 spiro atoms. The number of sulfone groups is 1. The minimum Gasteiger partial charge on any atom is -0.328 e. The second-order valence-corrected chi connectivity index (χ2v) is 8.76. The first-order valence-electron chi connectivity index (χ1n) is 8.47. The van der Waals surface area contributed by atoms with E-state index in [4.69, 9.17) is 5.73 Å². The summed E-state index contributed by atoms with van der Waals surface area (Å²) >= 11 is 0. The first kappa shape index (κ1) is 17.7. The van der Waals surface area contributed by atoms with E-state index in [1.54, 1.807) is 28.8 Å². The van der Waals surface area contributed by atoms with Crippen LogP contribution in [-0.4, -0.2) is 40.5 Å². The molecule has 9 heteroatoms. The van der Waals surface area contributed by atoms with E-state index in [1.165, 1.54) is 18.3 Å². The smallest absolute Gasteiger partial charge is 0.187 e. The van der Waals surface area contributed by atoms with Gasteiger partial charge in [0.05, 0.1) is 10.6 Å². The summed E-state index contributed by atoms with van der Waals surface area (Å²) in [4.78, 5) is 4.32. The molecule has 0 saturated heterocycles. The van der Waals surface area contributed by atoms with Crippen LogP contribution < -0.4 is 5.73 Å². The zero-order valence-corrected chi connectivity index (χ0v) is 15.4. The summed E-state index contributed by atoms with van der Waals surface area (Å²) in [6.07, 6.45) is 3.90. The fourth-order valence-corrected chi connectivity index (χ4v) is 3.76. The van der Waals surface area contributed by atoms with Gasteiger partial charge in [-0.15, -0.1) is 10.2 Å². The summed E-state index contributed by atoms with van der Waals surface area (Å²) in [7, 11) is -3.36. The Labute approximate surface area is 156 Å². The summed E-state index contributed by atoms with van der Waals surface area (Å²) in [5, 5.41) is 8.49. The Balaban J connectivity index is 1.85. The third kappa shape index (κ3) is 3.24. The molecule has 2 aromatic heterocycles. The van der Waals surface area contributed by atoms with Crippen molar-refractivity contribution in [2.45, 2.75) is 29.7 Å². The lowest BCUT2D eigenvalue weighted by Crippen LogP contribution is -2.36. The minimum absolute atomic E-state index is 0.0937. The third-order valence-electron chi connectivity index (χ3n) is 4.71. The summed E-state index contributed by atoms with van der Waals surface area (Å²) in [6.45, 7) is 0. The highest BCUT2D eigenvalue weighted by Gasteiger charge is 2.33. The van der Waals surface area contributed by atoms with E-state index >= 15 is 0 Å². The number of para-hydroxylation sites is 1. The molecule has 0 amide bonds. The standard InChI is InChI=1S/C18H18FN5O2S/c1-27(25,26)13-6-7-15(21-10-13)18-23-22-17(11-8-12(20)9-11)24(18)16-5-3-2-4-14(16)19/h2-7,10-12H,8-9,20H2,1H3. The number of nitrogens with zero attached hydrogens (tertiary/aromatic N) is 4. The van der Waals surface area contributed by atoms with E-state index < -0.39 is 15.7 Å². The zero-order valence-electron chi connectivity index (χ0n) is 14.6. The number of hydrogen-bond acceptors (Lipinski definition) is 6. The van der Waals surface area contributed by atoms with Crippen LogP contribution in [0.25, 0.3) is 17.2 Å². The van der Waals surface area contributed by atoms with Crippen molar-refractivity contribution < 1.29 is 12.8 Å². The first-order chi connectivity index (χ1) is 12.8. The quantitative estimate of drug-likeness (QED) is 0.735. The molecule has 2 heterocycles. The van der Waals surface area contributed by atoms with Crippen molar-refractivity contribution in [1.29, 1.82) is 0 Å². The Morgan fingerprint density at radius 1 is 1.15 bits per heavy atom. The molecule has 1 saturated carbocycles. The molecule has 140 valence electrons. The molecule has 1 aliphatic carbocycles. The molecule has 1 fully saturated rings. The van der Waals surface area contributed by atoms with Gasteiger partial charge in [-0.2, -0.15) is 0 Å². The molecule has 7 nitrogen and oxygen atoms in total. The number of benzene rings is 1. The van der Waals surface area contributed by atoms with E-state index in [-0.39, 0.29) is 16.9 Å². The van der Waals surface area contributed by atoms with Gasteiger partial charge >= 0.3 is 0 Å². The first-order valence-corrected chi connectivity index (χ1v) is 10.4. The molecule has 0 unspecified atom stereocenters. The molecule has 2 N–H and O–H groups in total. The third-order valence-corrected chi connectivity index (χ3v) is 5.81. The highest BCUT2D eigenvalue weighted by atomic mass is 32.2. The highest BCUT2D eigenvalue weighted by Crippen LogP contribution is 2.37. The molecular weight excluding hydrogens is 369 g/mol. The lowest BCUT2D eigenvalue weighted by molar-refractivity contribution is 0.334. The number of halogens is 1. The van der Waals surface area contributed by atoms with Crippen LogP contribution in [0.4, 0.5) is 4.39 Å². The molecule has 3 aromatic rings. The van der Waals surface area contributed by atoms with Gasteiger partial charge in [0.1, 0.15) is 17.3 Å². The molecular formula is C18H18FN5O2S. The number of hydrogen-bond donors (Lipinski definition) is 1. The van der Waals surface area contributed by atoms with E-state index in [9.17, 15) is 12.8 Å². The van der Waals surface area contributed by atoms with Crippen LogP contribution in [0, 0.1) is 5.82 Å². The largest absolute Gasteiger partial charge is 0.328 e. The average molecular weight is 387 g/mol. The van der Waals surface area contributed by atoms with Crippen molar-refractivity contribution in [2.75, 3.05) is 6.26 Å². The number of aromatic nitrogens is 4. The van der Waals surface area contributed by atoms with Crippen LogP contribution in [0.3, 0.4) is 0 Å². The van der Waals surface area contributed by atoms with Gasteiger partial charge in [-0.25, -0.2) is 12.8 Å². The maximum absolute atomic E-state index is 14.5. The molecule has 4 rings (SSSR count). The fraction of sp³-hybridized carbons (Fsp3) is 0.278. The van der Waals surface area contributed by atoms with Gasteiger partial charge < -0.3 is 5.73 Å². The molecule has 1 aliphatic rings. The number of nitrogens with two attached hydrogens (primary N) is 1. The van der Waals surface area contributed by atoms with Gasteiger partial charge in [0, 0.05) is 24.4 Å². The Hall–Kier alpha value is -2.65. The maximum Gasteiger partial charge on any atom is 0.187 e. The van der Waals surface area contributed by atoms with Crippen LogP contribution in [0.1, 0.15) is 24.6 Å². The zero-order chi connectivity index (χ0) is 19.2. The van der Waals surface area contributed by atoms with Crippen LogP contribution in [0.5, 0.6) is 0 Å². The topological polar surface area (TPSA) is 104 Å². The van der Waals surface area contributed by atoms with Crippen LogP contribution in [0.15, 0.2) is 47.5 Å². The van der Waals surface area contributed by atoms with Gasteiger partial charge in [0.2, 0.25) is 0 Å². The van der Waals surface area contributed by atoms with E-state index in [0.717, 1.165) is 19.1 Å². The summed E-state index contributed by atoms with van der Waals surface area (Å²) in [6, 6.07) is 9.48. The molecule has 27 heavy (non-hydrogen) atoms. The summed E-state index contributed by atoms with van der Waals surface area (Å²) in [5.74, 6) is 0.675. The second kappa shape index (κ2) is 6.50. The van der Waals surface area contributed by atoms with Crippen LogP contribution in [0.2, 0.25) is 0 Å². The molecule has 0 atom stereocenters. The van der Waals surface area contributed by atoms with E-state index in [2.05, 4.69) is 15.2 Å². The van der Waals surface area contributed by atoms with Crippen molar-refractivity contribution in [2.24, 2.45) is 5.73 Å². The van der Waals surface area contributed by atoms with E-state index in [0.29, 0.717) is 23.0 Å². The Bertz CT molecular complexity index is 1090. The summed E-state index contributed by atoms with van der Waals surface area (Å²) < 4.78 is 39.5. The monoisotopic (exact) mass is 387 g/mol. The lowest BCUT2D eigenvalue weighted by Gasteiger charge is -2.31. The van der Waals surface area contributed by atoms with Crippen molar-refractivity contribution in [3.8, 4) is 17.2 Å². The Morgan fingerprint density at radius 3 is 2.48 bits per heavy atom. The predicted octanol–water partition coefficient (Wildman–Crippen LogP) is 2.08. The van der Waals surface area contributed by atoms with Crippen molar-refractivity contribution in [3.05, 3.63) is 54.2 Å². The Kier molecular flexibility index (Phi) is 4.27. The number of rotatable bonds is 4. The maximum atomic E-state index is 14.5. The Morgan fingerprint density at radius 2 is 1.89 bits per heavy atom. The van der Waals surface area contributed by atoms with Crippen molar-refractivity contribution in [1.82, 2.24) is 19.7 Å². The van der Waals surface area contributed by atoms with Gasteiger partial charge in [0.15, 0.2) is 15.7 Å². The van der Waals surface area contributed by atoms with Gasteiger partial charge in [-0.1, -0.05) is 12.1 Å². The van der Waals surface area contributed by atoms with E-state index in [1.807, 2.05) is 0 Å². The van der Waals surface area contributed by atoms with Crippen LogP contribution >= 0.6 is 0 Å². The molecule has 0 bridgehead atoms. The minimum atomic E-state index is -3.36. The van der Waals surface area contributed by atoms with Gasteiger partial charge in [0.25, 0.3) is 0 Å². The van der Waals surface area contributed by atoms with Crippen LogP contribution in [-0.2, 0) is 9.84 Å². The van der Waals surface area contributed by atoms with Crippen molar-refractivity contribution in [3.63, 3.8) is 0 Å². The molecule has 0 aliphatic heterocycles. The number of pyridine rings is 1. The lowest BCUT2D eigenvalue weighted by atomic mass is 9.80. The highest BCUT2D eigenvalue weighted by molar-refractivity contribution is 7.90. The van der Waals surface area contributed by atoms with Gasteiger partial charge in [-0.05, 0) is 37.1 Å². The second-order valence-electron chi connectivity index (χ2n) is 6.75. The van der Waals surface area contributed by atoms with Gasteiger partial charge in [-0.3, -0.25) is 9.55 Å². The SMILES string of the molecule is CS(=O)(=O)c1ccc(-c2nnc(C3CC(N)C3)n2-c2ccccc2F)nc1. The average Bonchev–Trinajstić information content (AvgIpc) is 3.03. The molecule has 0 radical (unpaired) electrons. The summed E-state index contributed by atoms with van der Waals surface area (Å²) in [5.41, 5.74) is 6.63.